The topological polar surface area (TPSA) is 12.0 Å². The number of nitrogens with one attached hydrogen (secondary N) is 1. The molecule has 1 heterocycles. The maximum atomic E-state index is 13.6. The monoisotopic (exact) mass is 321 g/mol. The number of hydrogen-bond acceptors (Lipinski definition) is 2. The molecule has 0 saturated heterocycles. The average molecular weight is 322 g/mol. The van der Waals surface area contributed by atoms with Crippen LogP contribution in [0.5, 0.6) is 0 Å². The molecule has 102 valence electrons. The molecule has 1 N–H and O–H groups in total. The summed E-state index contributed by atoms with van der Waals surface area (Å²) in [5.74, 6) is -1.12. The molecule has 0 spiro atoms. The minimum atomic E-state index is -0.558. The number of benzene rings is 1. The van der Waals surface area contributed by atoms with Gasteiger partial charge in [0.05, 0.1) is 8.67 Å². The average Bonchev–Trinajstić information content (AvgIpc) is 2.68. The Morgan fingerprint density at radius 3 is 2.37 bits per heavy atom. The number of rotatable bonds is 4. The lowest BCUT2D eigenvalue weighted by molar-refractivity contribution is 0.516. The molecule has 1 atom stereocenters. The molecule has 1 nitrogen and oxygen atoms in total. The fraction of sp³-hybridized carbons (Fsp3) is 0.231. The predicted octanol–water partition coefficient (Wildman–Crippen LogP) is 4.84. The van der Waals surface area contributed by atoms with Crippen molar-refractivity contribution in [2.45, 2.75) is 12.5 Å². The number of thiophene rings is 1. The second-order valence-electron chi connectivity index (χ2n) is 4.03. The summed E-state index contributed by atoms with van der Waals surface area (Å²) in [4.78, 5) is 0. The molecule has 1 aromatic heterocycles. The highest BCUT2D eigenvalue weighted by molar-refractivity contribution is 7.20. The lowest BCUT2D eigenvalue weighted by Crippen LogP contribution is -2.19. The highest BCUT2D eigenvalue weighted by atomic mass is 35.5. The highest BCUT2D eigenvalue weighted by Gasteiger charge is 2.20. The van der Waals surface area contributed by atoms with E-state index in [0.717, 1.165) is 5.56 Å². The first-order valence-electron chi connectivity index (χ1n) is 5.57. The van der Waals surface area contributed by atoms with Gasteiger partial charge in [0, 0.05) is 17.2 Å². The summed E-state index contributed by atoms with van der Waals surface area (Å²) < 4.78 is 28.4. The van der Waals surface area contributed by atoms with E-state index < -0.39 is 11.6 Å². The Morgan fingerprint density at radius 2 is 1.89 bits per heavy atom. The van der Waals surface area contributed by atoms with E-state index >= 15 is 0 Å². The first-order chi connectivity index (χ1) is 9.02. The van der Waals surface area contributed by atoms with Crippen LogP contribution in [0, 0.1) is 11.6 Å². The van der Waals surface area contributed by atoms with E-state index in [9.17, 15) is 8.78 Å². The Morgan fingerprint density at radius 1 is 1.26 bits per heavy atom. The minimum absolute atomic E-state index is 0.0419. The third-order valence-electron chi connectivity index (χ3n) is 2.88. The largest absolute Gasteiger partial charge is 0.313 e. The molecule has 19 heavy (non-hydrogen) atoms. The van der Waals surface area contributed by atoms with Crippen LogP contribution in [0.2, 0.25) is 8.67 Å². The standard InChI is InChI=1S/C13H11Cl2F2NS/c1-18-11(8-6-12(14)19-13(8)15)5-7-9(16)3-2-4-10(7)17/h2-4,6,11,18H,5H2,1H3. The molecule has 6 heteroatoms. The van der Waals surface area contributed by atoms with Crippen LogP contribution in [0.3, 0.4) is 0 Å². The fourth-order valence-corrected chi connectivity index (χ4v) is 3.47. The number of likely N-dealkylation sites (N-methyl/N-ethyl adjacent to an activating group) is 1. The molecule has 0 aliphatic heterocycles. The highest BCUT2D eigenvalue weighted by Crippen LogP contribution is 2.36. The van der Waals surface area contributed by atoms with E-state index in [1.807, 2.05) is 0 Å². The normalized spacial score (nSPS) is 12.7. The van der Waals surface area contributed by atoms with E-state index in [1.165, 1.54) is 29.5 Å². The summed E-state index contributed by atoms with van der Waals surface area (Å²) in [7, 11) is 1.71. The fourth-order valence-electron chi connectivity index (χ4n) is 1.89. The van der Waals surface area contributed by atoms with Crippen molar-refractivity contribution in [3.05, 3.63) is 55.7 Å². The summed E-state index contributed by atoms with van der Waals surface area (Å²) in [5, 5.41) is 3.01. The van der Waals surface area contributed by atoms with Crippen LogP contribution >= 0.6 is 34.5 Å². The van der Waals surface area contributed by atoms with Crippen LogP contribution in [0.4, 0.5) is 8.78 Å². The second-order valence-corrected chi connectivity index (χ2v) is 6.31. The van der Waals surface area contributed by atoms with Gasteiger partial charge in [0.15, 0.2) is 0 Å². The maximum Gasteiger partial charge on any atom is 0.129 e. The van der Waals surface area contributed by atoms with E-state index in [-0.39, 0.29) is 18.0 Å². The van der Waals surface area contributed by atoms with Crippen molar-refractivity contribution in [3.63, 3.8) is 0 Å². The van der Waals surface area contributed by atoms with Crippen molar-refractivity contribution in [2.75, 3.05) is 7.05 Å². The SMILES string of the molecule is CNC(Cc1c(F)cccc1F)c1cc(Cl)sc1Cl. The van der Waals surface area contributed by atoms with Gasteiger partial charge in [0.1, 0.15) is 11.6 Å². The molecule has 0 bridgehead atoms. The molecular formula is C13H11Cl2F2NS. The van der Waals surface area contributed by atoms with E-state index in [0.29, 0.717) is 8.67 Å². The molecule has 1 aromatic carbocycles. The summed E-state index contributed by atoms with van der Waals surface area (Å²) in [6.07, 6.45) is 0.168. The summed E-state index contributed by atoms with van der Waals surface area (Å²) in [5.41, 5.74) is 0.794. The molecule has 2 rings (SSSR count). The van der Waals surface area contributed by atoms with Gasteiger partial charge in [0.2, 0.25) is 0 Å². The first-order valence-corrected chi connectivity index (χ1v) is 7.15. The summed E-state index contributed by atoms with van der Waals surface area (Å²) in [6.45, 7) is 0. The zero-order chi connectivity index (χ0) is 14.0. The quantitative estimate of drug-likeness (QED) is 0.849. The van der Waals surface area contributed by atoms with Crippen LogP contribution in [0.1, 0.15) is 17.2 Å². The molecule has 0 fully saturated rings. The third-order valence-corrected chi connectivity index (χ3v) is 4.39. The van der Waals surface area contributed by atoms with Gasteiger partial charge in [-0.25, -0.2) is 8.78 Å². The number of hydrogen-bond donors (Lipinski definition) is 1. The van der Waals surface area contributed by atoms with Gasteiger partial charge in [-0.3, -0.25) is 0 Å². The van der Waals surface area contributed by atoms with Crippen molar-refractivity contribution < 1.29 is 8.78 Å². The lowest BCUT2D eigenvalue weighted by Gasteiger charge is -2.16. The summed E-state index contributed by atoms with van der Waals surface area (Å²) >= 11 is 13.2. The molecule has 0 aliphatic carbocycles. The van der Waals surface area contributed by atoms with Crippen LogP contribution < -0.4 is 5.32 Å². The molecule has 2 aromatic rings. The number of halogens is 4. The van der Waals surface area contributed by atoms with Gasteiger partial charge in [-0.2, -0.15) is 0 Å². The van der Waals surface area contributed by atoms with E-state index in [2.05, 4.69) is 5.32 Å². The third kappa shape index (κ3) is 3.26. The molecule has 0 saturated carbocycles. The van der Waals surface area contributed by atoms with Crippen LogP contribution in [0.15, 0.2) is 24.3 Å². The van der Waals surface area contributed by atoms with Crippen LogP contribution in [-0.2, 0) is 6.42 Å². The molecule has 0 aliphatic rings. The molecular weight excluding hydrogens is 311 g/mol. The zero-order valence-corrected chi connectivity index (χ0v) is 12.3. The Hall–Kier alpha value is -0.680. The van der Waals surface area contributed by atoms with Crippen molar-refractivity contribution >= 4 is 34.5 Å². The Labute approximate surface area is 124 Å². The van der Waals surface area contributed by atoms with Gasteiger partial charge >= 0.3 is 0 Å². The summed E-state index contributed by atoms with van der Waals surface area (Å²) in [6, 6.07) is 5.26. The van der Waals surface area contributed by atoms with Gasteiger partial charge < -0.3 is 5.32 Å². The molecule has 0 radical (unpaired) electrons. The first kappa shape index (κ1) is 14.7. The minimum Gasteiger partial charge on any atom is -0.313 e. The Kier molecular flexibility index (Phi) is 4.79. The predicted molar refractivity (Wildman–Crippen MR) is 76.2 cm³/mol. The zero-order valence-electron chi connectivity index (χ0n) is 10.0. The van der Waals surface area contributed by atoms with Gasteiger partial charge in [0.25, 0.3) is 0 Å². The maximum absolute atomic E-state index is 13.6. The molecule has 0 amide bonds. The van der Waals surface area contributed by atoms with Crippen molar-refractivity contribution in [1.82, 2.24) is 5.32 Å². The van der Waals surface area contributed by atoms with Gasteiger partial charge in [-0.15, -0.1) is 11.3 Å². The second kappa shape index (κ2) is 6.18. The van der Waals surface area contributed by atoms with Gasteiger partial charge in [-0.05, 0) is 31.7 Å². The van der Waals surface area contributed by atoms with Crippen molar-refractivity contribution in [1.29, 1.82) is 0 Å². The van der Waals surface area contributed by atoms with Crippen LogP contribution in [-0.4, -0.2) is 7.05 Å². The Bertz CT molecular complexity index is 566. The smallest absolute Gasteiger partial charge is 0.129 e. The lowest BCUT2D eigenvalue weighted by atomic mass is 10.0. The molecule has 1 unspecified atom stereocenters. The Balaban J connectivity index is 2.32. The van der Waals surface area contributed by atoms with Crippen molar-refractivity contribution in [3.8, 4) is 0 Å². The van der Waals surface area contributed by atoms with Crippen molar-refractivity contribution in [2.24, 2.45) is 0 Å². The van der Waals surface area contributed by atoms with Gasteiger partial charge in [-0.1, -0.05) is 29.3 Å². The van der Waals surface area contributed by atoms with E-state index in [1.54, 1.807) is 13.1 Å². The van der Waals surface area contributed by atoms with E-state index in [4.69, 9.17) is 23.2 Å². The van der Waals surface area contributed by atoms with Crippen LogP contribution in [0.25, 0.3) is 0 Å².